The number of rotatable bonds is 5. The summed E-state index contributed by atoms with van der Waals surface area (Å²) in [6.45, 7) is 3.41. The van der Waals surface area contributed by atoms with E-state index >= 15 is 0 Å². The van der Waals surface area contributed by atoms with E-state index in [2.05, 4.69) is 101 Å². The number of nitrogens with zero attached hydrogens (tertiary/aromatic N) is 5. The van der Waals surface area contributed by atoms with Crippen LogP contribution in [0.4, 0.5) is 5.69 Å². The molecule has 2 aliphatic heterocycles. The summed E-state index contributed by atoms with van der Waals surface area (Å²) in [5.74, 6) is 0. The largest absolute Gasteiger partial charge is 0.355 e. The molecule has 0 N–H and O–H groups in total. The van der Waals surface area contributed by atoms with Crippen LogP contribution in [0.15, 0.2) is 73.1 Å². The molecule has 3 aromatic rings. The maximum Gasteiger partial charge on any atom is 0.0944 e. The summed E-state index contributed by atoms with van der Waals surface area (Å²) in [6, 6.07) is 23.5. The van der Waals surface area contributed by atoms with Crippen molar-refractivity contribution in [3.63, 3.8) is 0 Å². The van der Waals surface area contributed by atoms with E-state index < -0.39 is 0 Å². The molecule has 0 spiro atoms. The number of hydrogen-bond donors (Lipinski definition) is 0. The summed E-state index contributed by atoms with van der Waals surface area (Å²) in [4.78, 5) is 15.0. The lowest BCUT2D eigenvalue weighted by Crippen LogP contribution is -2.56. The molecule has 5 nitrogen and oxygen atoms in total. The molecule has 3 heterocycles. The van der Waals surface area contributed by atoms with Gasteiger partial charge in [-0.1, -0.05) is 42.5 Å². The van der Waals surface area contributed by atoms with Crippen molar-refractivity contribution in [2.75, 3.05) is 38.8 Å². The van der Waals surface area contributed by atoms with Gasteiger partial charge in [-0.05, 0) is 71.1 Å². The quantitative estimate of drug-likeness (QED) is 0.541. The van der Waals surface area contributed by atoms with Gasteiger partial charge in [0.1, 0.15) is 0 Å². The van der Waals surface area contributed by atoms with E-state index in [1.165, 1.54) is 49.8 Å². The predicted octanol–water partition coefficient (Wildman–Crippen LogP) is 5.01. The Morgan fingerprint density at radius 1 is 0.882 bits per heavy atom. The van der Waals surface area contributed by atoms with Gasteiger partial charge in [0, 0.05) is 47.2 Å². The Morgan fingerprint density at radius 2 is 1.65 bits per heavy atom. The van der Waals surface area contributed by atoms with E-state index in [9.17, 15) is 0 Å². The van der Waals surface area contributed by atoms with Gasteiger partial charge in [-0.25, -0.2) is 4.98 Å². The van der Waals surface area contributed by atoms with Gasteiger partial charge in [-0.15, -0.1) is 0 Å². The van der Waals surface area contributed by atoms with Gasteiger partial charge in [0.15, 0.2) is 0 Å². The van der Waals surface area contributed by atoms with E-state index in [0.717, 1.165) is 35.5 Å². The van der Waals surface area contributed by atoms with Crippen molar-refractivity contribution in [1.29, 1.82) is 0 Å². The van der Waals surface area contributed by atoms with Crippen LogP contribution in [-0.4, -0.2) is 71.7 Å². The summed E-state index contributed by atoms with van der Waals surface area (Å²) in [6.07, 6.45) is 9.70. The van der Waals surface area contributed by atoms with Crippen LogP contribution < -0.4 is 4.90 Å². The van der Waals surface area contributed by atoms with Crippen molar-refractivity contribution in [2.24, 2.45) is 0 Å². The Hall–Kier alpha value is -2.89. The highest BCUT2D eigenvalue weighted by Crippen LogP contribution is 2.35. The molecular weight excluding hydrogens is 418 g/mol. The Balaban J connectivity index is 1.09. The standard InChI is InChI=1S/C29H35N5/c1-31-14-12-24(13-15-31)32(2)26-18-27(19-26)34-17-16-33(21-34)25-10-8-23-9-11-28(30-29(23)20-25)22-6-4-3-5-7-22/h3-11,16-17,20,24,26-27H,12-15,18-19,21H2,1-2H3. The molecule has 2 aromatic carbocycles. The average Bonchev–Trinajstić information content (AvgIpc) is 3.33. The lowest BCUT2D eigenvalue weighted by Gasteiger charge is -2.49. The number of aromatic nitrogens is 1. The first-order chi connectivity index (χ1) is 16.6. The minimum atomic E-state index is 0.656. The molecule has 0 atom stereocenters. The zero-order valence-corrected chi connectivity index (χ0v) is 20.3. The second-order valence-corrected chi connectivity index (χ2v) is 10.3. The number of likely N-dealkylation sites (tertiary alicyclic amines) is 1. The minimum Gasteiger partial charge on any atom is -0.355 e. The Kier molecular flexibility index (Phi) is 5.75. The summed E-state index contributed by atoms with van der Waals surface area (Å²) in [7, 11) is 4.60. The van der Waals surface area contributed by atoms with Crippen LogP contribution in [0.3, 0.4) is 0 Å². The van der Waals surface area contributed by atoms with Gasteiger partial charge in [0.2, 0.25) is 0 Å². The highest BCUT2D eigenvalue weighted by molar-refractivity contribution is 5.85. The smallest absolute Gasteiger partial charge is 0.0944 e. The van der Waals surface area contributed by atoms with Crippen molar-refractivity contribution in [2.45, 2.75) is 43.8 Å². The summed E-state index contributed by atoms with van der Waals surface area (Å²) >= 11 is 0. The van der Waals surface area contributed by atoms with Crippen molar-refractivity contribution >= 4 is 16.6 Å². The minimum absolute atomic E-state index is 0.656. The summed E-state index contributed by atoms with van der Waals surface area (Å²) in [5.41, 5.74) is 4.45. The predicted molar refractivity (Wildman–Crippen MR) is 141 cm³/mol. The van der Waals surface area contributed by atoms with E-state index in [0.29, 0.717) is 6.04 Å². The molecule has 34 heavy (non-hydrogen) atoms. The van der Waals surface area contributed by atoms with Gasteiger partial charge in [-0.3, -0.25) is 0 Å². The molecule has 5 heteroatoms. The molecule has 2 fully saturated rings. The van der Waals surface area contributed by atoms with Crippen molar-refractivity contribution < 1.29 is 0 Å². The van der Waals surface area contributed by atoms with Gasteiger partial charge >= 0.3 is 0 Å². The van der Waals surface area contributed by atoms with Gasteiger partial charge in [0.25, 0.3) is 0 Å². The molecule has 0 radical (unpaired) electrons. The second kappa shape index (κ2) is 9.05. The lowest BCUT2D eigenvalue weighted by molar-refractivity contribution is 0.0257. The number of anilines is 1. The average molecular weight is 454 g/mol. The molecule has 0 bridgehead atoms. The number of benzene rings is 2. The third kappa shape index (κ3) is 4.19. The maximum atomic E-state index is 4.96. The van der Waals surface area contributed by atoms with E-state index in [-0.39, 0.29) is 0 Å². The SMILES string of the molecule is CN1CCC(N(C)C2CC(N3C=CN(c4ccc5ccc(-c6ccccc6)nc5c4)C3)C2)CC1. The van der Waals surface area contributed by atoms with Crippen LogP contribution in [0, 0.1) is 0 Å². The first-order valence-corrected chi connectivity index (χ1v) is 12.7. The topological polar surface area (TPSA) is 25.9 Å². The number of hydrogen-bond acceptors (Lipinski definition) is 5. The molecular formula is C29H35N5. The van der Waals surface area contributed by atoms with Crippen molar-refractivity contribution in [1.82, 2.24) is 19.7 Å². The summed E-state index contributed by atoms with van der Waals surface area (Å²) in [5, 5.41) is 1.18. The van der Waals surface area contributed by atoms with Crippen LogP contribution in [0.25, 0.3) is 22.2 Å². The molecule has 3 aliphatic rings. The maximum absolute atomic E-state index is 4.96. The molecule has 0 amide bonds. The summed E-state index contributed by atoms with van der Waals surface area (Å²) < 4.78 is 0. The third-order valence-corrected chi connectivity index (χ3v) is 8.23. The fraction of sp³-hybridized carbons (Fsp3) is 0.414. The van der Waals surface area contributed by atoms with Gasteiger partial charge in [0.05, 0.1) is 17.9 Å². The highest BCUT2D eigenvalue weighted by atomic mass is 15.4. The number of fused-ring (bicyclic) bond motifs is 1. The van der Waals surface area contributed by atoms with Gasteiger partial charge in [-0.2, -0.15) is 0 Å². The first-order valence-electron chi connectivity index (χ1n) is 12.7. The number of piperidine rings is 1. The van der Waals surface area contributed by atoms with Crippen molar-refractivity contribution in [3.05, 3.63) is 73.1 Å². The zero-order chi connectivity index (χ0) is 23.1. The van der Waals surface area contributed by atoms with Crippen LogP contribution in [-0.2, 0) is 0 Å². The van der Waals surface area contributed by atoms with E-state index in [1.54, 1.807) is 0 Å². The van der Waals surface area contributed by atoms with Crippen LogP contribution in [0.1, 0.15) is 25.7 Å². The van der Waals surface area contributed by atoms with Gasteiger partial charge < -0.3 is 19.6 Å². The highest BCUT2D eigenvalue weighted by Gasteiger charge is 2.39. The molecule has 1 saturated heterocycles. The Labute approximate surface area is 203 Å². The molecule has 6 rings (SSSR count). The van der Waals surface area contributed by atoms with E-state index in [1.807, 2.05) is 6.07 Å². The Morgan fingerprint density at radius 3 is 2.44 bits per heavy atom. The fourth-order valence-corrected chi connectivity index (χ4v) is 5.76. The van der Waals surface area contributed by atoms with E-state index in [4.69, 9.17) is 4.98 Å². The molecule has 1 saturated carbocycles. The van der Waals surface area contributed by atoms with Crippen molar-refractivity contribution in [3.8, 4) is 11.3 Å². The van der Waals surface area contributed by atoms with Crippen LogP contribution >= 0.6 is 0 Å². The lowest BCUT2D eigenvalue weighted by atomic mass is 9.83. The molecule has 0 unspecified atom stereocenters. The number of pyridine rings is 1. The van der Waals surface area contributed by atoms with Crippen LogP contribution in [0.2, 0.25) is 0 Å². The normalized spacial score (nSPS) is 23.7. The van der Waals surface area contributed by atoms with Crippen LogP contribution in [0.5, 0.6) is 0 Å². The third-order valence-electron chi connectivity index (χ3n) is 8.23. The Bertz CT molecular complexity index is 1160. The molecule has 1 aliphatic carbocycles. The zero-order valence-electron chi connectivity index (χ0n) is 20.3. The monoisotopic (exact) mass is 453 g/mol. The molecule has 176 valence electrons. The first kappa shape index (κ1) is 21.6. The second-order valence-electron chi connectivity index (χ2n) is 10.3. The fourth-order valence-electron chi connectivity index (χ4n) is 5.76. The molecule has 1 aromatic heterocycles.